The van der Waals surface area contributed by atoms with Crippen LogP contribution in [0.3, 0.4) is 0 Å². The topological polar surface area (TPSA) is 50.4 Å². The molecule has 0 aliphatic carbocycles. The Labute approximate surface area is 63.1 Å². The second-order valence-corrected chi connectivity index (χ2v) is 2.39. The van der Waals surface area contributed by atoms with E-state index in [1.165, 1.54) is 0 Å². The highest BCUT2D eigenvalue weighted by molar-refractivity contribution is 5.53. The molecule has 0 radical (unpaired) electrons. The Morgan fingerprint density at radius 2 is 2.36 bits per heavy atom. The number of pyridine rings is 1. The predicted octanol–water partition coefficient (Wildman–Crippen LogP) is 0.743. The molecule has 2 rings (SSSR count). The maximum Gasteiger partial charge on any atom is 0.119 e. The van der Waals surface area contributed by atoms with Gasteiger partial charge in [0.1, 0.15) is 5.75 Å². The van der Waals surface area contributed by atoms with E-state index in [1.54, 1.807) is 22.8 Å². The number of rotatable bonds is 0. The zero-order valence-electron chi connectivity index (χ0n) is 6.02. The molecule has 1 N–H and O–H groups in total. The van der Waals surface area contributed by atoms with Crippen LogP contribution in [0.5, 0.6) is 5.75 Å². The van der Waals surface area contributed by atoms with E-state index in [0.29, 0.717) is 0 Å². The van der Waals surface area contributed by atoms with Crippen molar-refractivity contribution in [1.82, 2.24) is 14.8 Å². The van der Waals surface area contributed by atoms with Crippen molar-refractivity contribution >= 4 is 5.52 Å². The fourth-order valence-electron chi connectivity index (χ4n) is 0.996. The van der Waals surface area contributed by atoms with Gasteiger partial charge in [-0.3, -0.25) is 0 Å². The highest BCUT2D eigenvalue weighted by Gasteiger charge is 1.99. The molecule has 0 bridgehead atoms. The maximum absolute atomic E-state index is 9.10. The predicted molar refractivity (Wildman–Crippen MR) is 39.4 cm³/mol. The third-order valence-corrected chi connectivity index (χ3v) is 1.58. The smallest absolute Gasteiger partial charge is 0.119 e. The molecule has 11 heavy (non-hydrogen) atoms. The molecule has 0 aliphatic rings. The summed E-state index contributed by atoms with van der Waals surface area (Å²) in [5.74, 6) is 0.239. The number of nitrogens with zero attached hydrogens (tertiary/aromatic N) is 3. The van der Waals surface area contributed by atoms with Crippen LogP contribution in [-0.4, -0.2) is 19.9 Å². The highest BCUT2D eigenvalue weighted by atomic mass is 16.3. The number of aryl methyl sites for hydroxylation is 1. The maximum atomic E-state index is 9.10. The van der Waals surface area contributed by atoms with Crippen molar-refractivity contribution in [2.75, 3.05) is 0 Å². The summed E-state index contributed by atoms with van der Waals surface area (Å²) in [7, 11) is 0. The van der Waals surface area contributed by atoms with Crippen LogP contribution >= 0.6 is 0 Å². The van der Waals surface area contributed by atoms with Crippen LogP contribution in [0.1, 0.15) is 5.69 Å². The second-order valence-electron chi connectivity index (χ2n) is 2.39. The molecule has 0 aromatic carbocycles. The first kappa shape index (κ1) is 6.15. The number of hydrogen-bond donors (Lipinski definition) is 1. The van der Waals surface area contributed by atoms with Crippen molar-refractivity contribution in [2.24, 2.45) is 0 Å². The summed E-state index contributed by atoms with van der Waals surface area (Å²) in [4.78, 5) is 0. The molecule has 0 fully saturated rings. The molecular weight excluding hydrogens is 142 g/mol. The largest absolute Gasteiger partial charge is 0.508 e. The van der Waals surface area contributed by atoms with E-state index >= 15 is 0 Å². The Morgan fingerprint density at radius 1 is 1.55 bits per heavy atom. The quantitative estimate of drug-likeness (QED) is 0.601. The Hall–Kier alpha value is -1.58. The zero-order chi connectivity index (χ0) is 7.84. The average Bonchev–Trinajstić information content (AvgIpc) is 2.33. The SMILES string of the molecule is Cc1nnn2ccc(O)cc12. The number of hydrogen-bond acceptors (Lipinski definition) is 3. The Kier molecular flexibility index (Phi) is 1.09. The standard InChI is InChI=1S/C7H7N3O/c1-5-7-4-6(11)2-3-10(7)9-8-5/h2-4,11H,1H3. The fraction of sp³-hybridized carbons (Fsp3) is 0.143. The van der Waals surface area contributed by atoms with E-state index in [2.05, 4.69) is 10.3 Å². The number of aromatic nitrogens is 3. The molecule has 0 amide bonds. The van der Waals surface area contributed by atoms with Gasteiger partial charge >= 0.3 is 0 Å². The van der Waals surface area contributed by atoms with E-state index in [0.717, 1.165) is 11.2 Å². The van der Waals surface area contributed by atoms with Gasteiger partial charge in [-0.25, -0.2) is 4.52 Å². The molecular formula is C7H7N3O. The number of fused-ring (bicyclic) bond motifs is 1. The van der Waals surface area contributed by atoms with Gasteiger partial charge in [0.25, 0.3) is 0 Å². The molecule has 2 heterocycles. The van der Waals surface area contributed by atoms with Crippen molar-refractivity contribution in [3.63, 3.8) is 0 Å². The van der Waals surface area contributed by atoms with Crippen molar-refractivity contribution in [3.8, 4) is 5.75 Å². The third kappa shape index (κ3) is 0.832. The summed E-state index contributed by atoms with van der Waals surface area (Å²) in [6, 6.07) is 3.20. The molecule has 0 saturated heterocycles. The first-order chi connectivity index (χ1) is 5.27. The van der Waals surface area contributed by atoms with Crippen LogP contribution in [0, 0.1) is 6.92 Å². The minimum Gasteiger partial charge on any atom is -0.508 e. The number of aromatic hydroxyl groups is 1. The summed E-state index contributed by atoms with van der Waals surface area (Å²) in [6.07, 6.45) is 1.67. The van der Waals surface area contributed by atoms with Crippen molar-refractivity contribution in [3.05, 3.63) is 24.0 Å². The summed E-state index contributed by atoms with van der Waals surface area (Å²) < 4.78 is 1.62. The van der Waals surface area contributed by atoms with Crippen LogP contribution in [0.2, 0.25) is 0 Å². The minimum atomic E-state index is 0.239. The molecule has 56 valence electrons. The van der Waals surface area contributed by atoms with Crippen LogP contribution in [0.15, 0.2) is 18.3 Å². The lowest BCUT2D eigenvalue weighted by Crippen LogP contribution is -1.84. The minimum absolute atomic E-state index is 0.239. The molecule has 2 aromatic heterocycles. The van der Waals surface area contributed by atoms with Gasteiger partial charge in [0.05, 0.1) is 11.2 Å². The lowest BCUT2D eigenvalue weighted by Gasteiger charge is -1.92. The van der Waals surface area contributed by atoms with Gasteiger partial charge in [0.2, 0.25) is 0 Å². The lowest BCUT2D eigenvalue weighted by atomic mass is 10.3. The third-order valence-electron chi connectivity index (χ3n) is 1.58. The highest BCUT2D eigenvalue weighted by Crippen LogP contribution is 2.13. The van der Waals surface area contributed by atoms with E-state index < -0.39 is 0 Å². The molecule has 4 heteroatoms. The average molecular weight is 149 g/mol. The van der Waals surface area contributed by atoms with Gasteiger partial charge in [-0.2, -0.15) is 0 Å². The van der Waals surface area contributed by atoms with Gasteiger partial charge in [0, 0.05) is 12.3 Å². The monoisotopic (exact) mass is 149 g/mol. The normalized spacial score (nSPS) is 10.6. The van der Waals surface area contributed by atoms with Crippen LogP contribution < -0.4 is 0 Å². The van der Waals surface area contributed by atoms with Gasteiger partial charge in [0.15, 0.2) is 0 Å². The Bertz CT molecular complexity index is 393. The van der Waals surface area contributed by atoms with Crippen LogP contribution in [-0.2, 0) is 0 Å². The molecule has 0 spiro atoms. The van der Waals surface area contributed by atoms with E-state index in [4.69, 9.17) is 5.11 Å². The van der Waals surface area contributed by atoms with Gasteiger partial charge in [-0.05, 0) is 13.0 Å². The summed E-state index contributed by atoms with van der Waals surface area (Å²) in [5.41, 5.74) is 1.66. The molecule has 0 saturated carbocycles. The molecule has 0 atom stereocenters. The van der Waals surface area contributed by atoms with Crippen molar-refractivity contribution < 1.29 is 5.11 Å². The zero-order valence-corrected chi connectivity index (χ0v) is 6.02. The van der Waals surface area contributed by atoms with E-state index in [9.17, 15) is 0 Å². The Morgan fingerprint density at radius 3 is 3.18 bits per heavy atom. The van der Waals surface area contributed by atoms with Crippen molar-refractivity contribution in [1.29, 1.82) is 0 Å². The first-order valence-electron chi connectivity index (χ1n) is 3.28. The van der Waals surface area contributed by atoms with Gasteiger partial charge in [-0.1, -0.05) is 5.21 Å². The Balaban J connectivity index is 2.87. The van der Waals surface area contributed by atoms with Crippen molar-refractivity contribution in [2.45, 2.75) is 6.92 Å². The lowest BCUT2D eigenvalue weighted by molar-refractivity contribution is 0.474. The van der Waals surface area contributed by atoms with E-state index in [1.807, 2.05) is 6.92 Å². The van der Waals surface area contributed by atoms with Crippen LogP contribution in [0.4, 0.5) is 0 Å². The fourth-order valence-corrected chi connectivity index (χ4v) is 0.996. The molecule has 2 aromatic rings. The molecule has 4 nitrogen and oxygen atoms in total. The summed E-state index contributed by atoms with van der Waals surface area (Å²) in [6.45, 7) is 1.85. The summed E-state index contributed by atoms with van der Waals surface area (Å²) in [5, 5.41) is 16.8. The second kappa shape index (κ2) is 1.95. The molecule has 0 aliphatic heterocycles. The van der Waals surface area contributed by atoms with Gasteiger partial charge < -0.3 is 5.11 Å². The van der Waals surface area contributed by atoms with Gasteiger partial charge in [-0.15, -0.1) is 5.10 Å². The molecule has 0 unspecified atom stereocenters. The first-order valence-corrected chi connectivity index (χ1v) is 3.28. The summed E-state index contributed by atoms with van der Waals surface area (Å²) >= 11 is 0. The van der Waals surface area contributed by atoms with Crippen LogP contribution in [0.25, 0.3) is 5.52 Å². The van der Waals surface area contributed by atoms with E-state index in [-0.39, 0.29) is 5.75 Å².